The number of anilines is 2. The molecule has 6 nitrogen and oxygen atoms in total. The fourth-order valence-corrected chi connectivity index (χ4v) is 1.13. The number of rotatable bonds is 4. The summed E-state index contributed by atoms with van der Waals surface area (Å²) in [6, 6.07) is 4.09. The van der Waals surface area contributed by atoms with Crippen LogP contribution in [-0.4, -0.2) is 23.8 Å². The fourth-order valence-electron chi connectivity index (χ4n) is 1.13. The molecule has 0 aliphatic carbocycles. The number of carboxylic acids is 1. The number of nitrogens with two attached hydrogens (primary N) is 1. The van der Waals surface area contributed by atoms with Gasteiger partial charge < -0.3 is 15.6 Å². The van der Waals surface area contributed by atoms with Crippen molar-refractivity contribution in [3.63, 3.8) is 0 Å². The van der Waals surface area contributed by atoms with Crippen molar-refractivity contribution in [2.75, 3.05) is 17.7 Å². The van der Waals surface area contributed by atoms with Crippen LogP contribution in [0.25, 0.3) is 0 Å². The largest absolute Gasteiger partial charge is 0.478 e. The minimum absolute atomic E-state index is 0.0382. The lowest BCUT2D eigenvalue weighted by atomic mass is 10.1. The first-order chi connectivity index (χ1) is 8.04. The first kappa shape index (κ1) is 12.6. The van der Waals surface area contributed by atoms with Gasteiger partial charge in [-0.2, -0.15) is 0 Å². The third kappa shape index (κ3) is 3.53. The maximum absolute atomic E-state index is 11.2. The zero-order valence-corrected chi connectivity index (χ0v) is 8.97. The van der Waals surface area contributed by atoms with Crippen LogP contribution >= 0.6 is 0 Å². The van der Waals surface area contributed by atoms with Gasteiger partial charge in [0.2, 0.25) is 0 Å². The van der Waals surface area contributed by atoms with E-state index in [4.69, 9.17) is 10.8 Å². The monoisotopic (exact) mass is 236 g/mol. The lowest BCUT2D eigenvalue weighted by Gasteiger charge is -2.09. The highest BCUT2D eigenvalue weighted by Gasteiger charge is 2.13. The molecular weight excluding hydrogens is 224 g/mol. The summed E-state index contributed by atoms with van der Waals surface area (Å²) >= 11 is 0. The Hall–Kier alpha value is -2.50. The topological polar surface area (TPSA) is 102 Å². The quantitative estimate of drug-likeness (QED) is 0.545. The second kappa shape index (κ2) is 5.55. The summed E-state index contributed by atoms with van der Waals surface area (Å²) in [5, 5.41) is 11.2. The number of hydrogen-bond donors (Lipinski definition) is 3. The molecule has 0 bridgehead atoms. The van der Waals surface area contributed by atoms with E-state index in [9.17, 15) is 9.59 Å². The average Bonchev–Trinajstić information content (AvgIpc) is 2.26. The first-order valence-corrected chi connectivity index (χ1v) is 4.72. The summed E-state index contributed by atoms with van der Waals surface area (Å²) in [6.45, 7) is 3.42. The van der Waals surface area contributed by atoms with Gasteiger partial charge in [-0.25, -0.2) is 9.59 Å². The van der Waals surface area contributed by atoms with E-state index in [0.717, 1.165) is 0 Å². The Balaban J connectivity index is 2.88. The Kier molecular flexibility index (Phi) is 4.10. The molecule has 0 unspecified atom stereocenters. The fraction of sp³-hybridized carbons (Fsp3) is 0.0909. The number of nitrogen functional groups attached to an aromatic ring is 1. The number of aromatic carboxylic acids is 1. The first-order valence-electron chi connectivity index (χ1n) is 4.72. The van der Waals surface area contributed by atoms with Gasteiger partial charge in [0.05, 0.1) is 11.3 Å². The van der Waals surface area contributed by atoms with Gasteiger partial charge in [-0.3, -0.25) is 5.32 Å². The molecule has 6 heteroatoms. The van der Waals surface area contributed by atoms with E-state index in [1.165, 1.54) is 24.3 Å². The van der Waals surface area contributed by atoms with Crippen molar-refractivity contribution >= 4 is 23.4 Å². The zero-order chi connectivity index (χ0) is 12.8. The third-order valence-corrected chi connectivity index (χ3v) is 1.84. The smallest absolute Gasteiger partial charge is 0.411 e. The van der Waals surface area contributed by atoms with Crippen LogP contribution in [0, 0.1) is 0 Å². The van der Waals surface area contributed by atoms with E-state index >= 15 is 0 Å². The highest BCUT2D eigenvalue weighted by Crippen LogP contribution is 2.19. The summed E-state index contributed by atoms with van der Waals surface area (Å²) < 4.78 is 4.67. The number of carbonyl (C=O) groups excluding carboxylic acids is 1. The average molecular weight is 236 g/mol. The zero-order valence-electron chi connectivity index (χ0n) is 8.97. The molecule has 1 aromatic carbocycles. The SMILES string of the molecule is C=CCOC(=O)Nc1cc(N)ccc1C(=O)O. The molecule has 1 amide bonds. The Morgan fingerprint density at radius 1 is 1.53 bits per heavy atom. The van der Waals surface area contributed by atoms with E-state index in [1.54, 1.807) is 0 Å². The van der Waals surface area contributed by atoms with E-state index in [2.05, 4.69) is 16.6 Å². The maximum Gasteiger partial charge on any atom is 0.411 e. The summed E-state index contributed by atoms with van der Waals surface area (Å²) in [7, 11) is 0. The van der Waals surface area contributed by atoms with Crippen molar-refractivity contribution in [2.45, 2.75) is 0 Å². The molecule has 1 aromatic rings. The van der Waals surface area contributed by atoms with Gasteiger partial charge in [0.1, 0.15) is 6.61 Å². The van der Waals surface area contributed by atoms with Gasteiger partial charge in [-0.15, -0.1) is 0 Å². The molecule has 0 aromatic heterocycles. The van der Waals surface area contributed by atoms with Crippen LogP contribution in [0.1, 0.15) is 10.4 Å². The molecule has 4 N–H and O–H groups in total. The molecular formula is C11H12N2O4. The number of carboxylic acid groups (broad SMARTS) is 1. The van der Waals surface area contributed by atoms with Crippen molar-refractivity contribution in [1.82, 2.24) is 0 Å². The van der Waals surface area contributed by atoms with Gasteiger partial charge in [-0.05, 0) is 18.2 Å². The molecule has 0 saturated carbocycles. The lowest BCUT2D eigenvalue weighted by Crippen LogP contribution is -2.16. The van der Waals surface area contributed by atoms with Gasteiger partial charge in [-0.1, -0.05) is 12.7 Å². The molecule has 1 rings (SSSR count). The molecule has 0 heterocycles. The van der Waals surface area contributed by atoms with Crippen LogP contribution in [0.4, 0.5) is 16.2 Å². The normalized spacial score (nSPS) is 9.41. The molecule has 90 valence electrons. The van der Waals surface area contributed by atoms with Gasteiger partial charge >= 0.3 is 12.1 Å². The summed E-state index contributed by atoms with van der Waals surface area (Å²) in [4.78, 5) is 22.1. The Labute approximate surface area is 97.7 Å². The number of ether oxygens (including phenoxy) is 1. The summed E-state index contributed by atoms with van der Waals surface area (Å²) in [5.41, 5.74) is 5.87. The van der Waals surface area contributed by atoms with E-state index in [1.807, 2.05) is 0 Å². The summed E-state index contributed by atoms with van der Waals surface area (Å²) in [5.74, 6) is -1.16. The molecule has 0 atom stereocenters. The van der Waals surface area contributed by atoms with Crippen molar-refractivity contribution in [3.05, 3.63) is 36.4 Å². The van der Waals surface area contributed by atoms with Crippen LogP contribution in [0.2, 0.25) is 0 Å². The maximum atomic E-state index is 11.2. The van der Waals surface area contributed by atoms with Crippen LogP contribution < -0.4 is 11.1 Å². The number of amides is 1. The standard InChI is InChI=1S/C11H12N2O4/c1-2-5-17-11(16)13-9-6-7(12)3-4-8(9)10(14)15/h2-4,6H,1,5,12H2,(H,13,16)(H,14,15). The highest BCUT2D eigenvalue weighted by molar-refractivity contribution is 5.99. The van der Waals surface area contributed by atoms with Gasteiger partial charge in [0, 0.05) is 5.69 Å². The predicted octanol–water partition coefficient (Wildman–Crippen LogP) is 1.70. The van der Waals surface area contributed by atoms with Crippen molar-refractivity contribution in [3.8, 4) is 0 Å². The van der Waals surface area contributed by atoms with Gasteiger partial charge in [0.25, 0.3) is 0 Å². The Morgan fingerprint density at radius 2 is 2.24 bits per heavy atom. The minimum Gasteiger partial charge on any atom is -0.478 e. The molecule has 0 aliphatic rings. The minimum atomic E-state index is -1.16. The molecule has 0 radical (unpaired) electrons. The second-order valence-electron chi connectivity index (χ2n) is 3.12. The van der Waals surface area contributed by atoms with Crippen LogP contribution in [0.15, 0.2) is 30.9 Å². The van der Waals surface area contributed by atoms with Crippen LogP contribution in [0.3, 0.4) is 0 Å². The number of hydrogen-bond acceptors (Lipinski definition) is 4. The highest BCUT2D eigenvalue weighted by atomic mass is 16.5. The van der Waals surface area contributed by atoms with E-state index < -0.39 is 12.1 Å². The van der Waals surface area contributed by atoms with E-state index in [0.29, 0.717) is 5.69 Å². The second-order valence-corrected chi connectivity index (χ2v) is 3.12. The predicted molar refractivity (Wildman–Crippen MR) is 63.0 cm³/mol. The molecule has 0 spiro atoms. The van der Waals surface area contributed by atoms with E-state index in [-0.39, 0.29) is 17.9 Å². The Bertz CT molecular complexity index is 457. The molecule has 17 heavy (non-hydrogen) atoms. The third-order valence-electron chi connectivity index (χ3n) is 1.84. The number of benzene rings is 1. The Morgan fingerprint density at radius 3 is 2.82 bits per heavy atom. The van der Waals surface area contributed by atoms with Gasteiger partial charge in [0.15, 0.2) is 0 Å². The molecule has 0 saturated heterocycles. The van der Waals surface area contributed by atoms with Crippen LogP contribution in [0.5, 0.6) is 0 Å². The van der Waals surface area contributed by atoms with Crippen molar-refractivity contribution in [2.24, 2.45) is 0 Å². The lowest BCUT2D eigenvalue weighted by molar-refractivity contribution is 0.0698. The number of nitrogens with one attached hydrogen (secondary N) is 1. The van der Waals surface area contributed by atoms with Crippen molar-refractivity contribution < 1.29 is 19.4 Å². The molecule has 0 fully saturated rings. The molecule has 0 aliphatic heterocycles. The number of carbonyl (C=O) groups is 2. The summed E-state index contributed by atoms with van der Waals surface area (Å²) in [6.07, 6.45) is 0.634. The van der Waals surface area contributed by atoms with Crippen molar-refractivity contribution in [1.29, 1.82) is 0 Å². The van der Waals surface area contributed by atoms with Crippen LogP contribution in [-0.2, 0) is 4.74 Å².